The molecule has 6 nitrogen and oxygen atoms in total. The SMILES string of the molecule is Cn1cc(NCCN(C(=O)OC(C)(C)C)C(C)(C)C)ccc1=O. The van der Waals surface area contributed by atoms with Gasteiger partial charge in [0.15, 0.2) is 0 Å². The summed E-state index contributed by atoms with van der Waals surface area (Å²) >= 11 is 0. The number of nitrogens with one attached hydrogen (secondary N) is 1. The fourth-order valence-corrected chi connectivity index (χ4v) is 2.03. The molecular formula is C17H29N3O3. The number of rotatable bonds is 4. The summed E-state index contributed by atoms with van der Waals surface area (Å²) < 4.78 is 6.99. The highest BCUT2D eigenvalue weighted by atomic mass is 16.6. The van der Waals surface area contributed by atoms with Gasteiger partial charge in [-0.3, -0.25) is 4.79 Å². The smallest absolute Gasteiger partial charge is 0.410 e. The third kappa shape index (κ3) is 6.34. The lowest BCUT2D eigenvalue weighted by Gasteiger charge is -2.37. The number of amides is 1. The molecule has 1 amide bonds. The Hall–Kier alpha value is -1.98. The van der Waals surface area contributed by atoms with Gasteiger partial charge in [0.1, 0.15) is 5.60 Å². The van der Waals surface area contributed by atoms with Crippen LogP contribution in [0.4, 0.5) is 10.5 Å². The van der Waals surface area contributed by atoms with Crippen LogP contribution in [0.2, 0.25) is 0 Å². The highest BCUT2D eigenvalue weighted by Crippen LogP contribution is 2.18. The van der Waals surface area contributed by atoms with Crippen LogP contribution < -0.4 is 10.9 Å². The van der Waals surface area contributed by atoms with E-state index in [1.165, 1.54) is 10.6 Å². The first-order valence-electron chi connectivity index (χ1n) is 7.81. The first-order chi connectivity index (χ1) is 10.4. The maximum Gasteiger partial charge on any atom is 0.410 e. The topological polar surface area (TPSA) is 63.6 Å². The van der Waals surface area contributed by atoms with Gasteiger partial charge in [-0.1, -0.05) is 0 Å². The van der Waals surface area contributed by atoms with E-state index >= 15 is 0 Å². The summed E-state index contributed by atoms with van der Waals surface area (Å²) in [5.41, 5.74) is -0.0787. The summed E-state index contributed by atoms with van der Waals surface area (Å²) in [5.74, 6) is 0. The lowest BCUT2D eigenvalue weighted by molar-refractivity contribution is 0.00749. The van der Waals surface area contributed by atoms with Crippen molar-refractivity contribution in [2.45, 2.75) is 52.7 Å². The molecule has 0 aliphatic heterocycles. The number of carbonyl (C=O) groups excluding carboxylic acids is 1. The second-order valence-corrected chi connectivity index (χ2v) is 7.60. The molecule has 1 N–H and O–H groups in total. The van der Waals surface area contributed by atoms with Crippen LogP contribution in [-0.2, 0) is 11.8 Å². The zero-order chi connectivity index (χ0) is 17.8. The van der Waals surface area contributed by atoms with Crippen molar-refractivity contribution in [2.24, 2.45) is 7.05 Å². The van der Waals surface area contributed by atoms with Gasteiger partial charge in [0, 0.05) is 37.9 Å². The molecule has 0 aliphatic carbocycles. The first-order valence-corrected chi connectivity index (χ1v) is 7.81. The van der Waals surface area contributed by atoms with E-state index in [1.807, 2.05) is 41.5 Å². The monoisotopic (exact) mass is 323 g/mol. The fourth-order valence-electron chi connectivity index (χ4n) is 2.03. The van der Waals surface area contributed by atoms with Crippen molar-refractivity contribution in [3.05, 3.63) is 28.7 Å². The fraction of sp³-hybridized carbons (Fsp3) is 0.647. The van der Waals surface area contributed by atoms with Crippen molar-refractivity contribution in [1.29, 1.82) is 0 Å². The van der Waals surface area contributed by atoms with E-state index in [4.69, 9.17) is 4.74 Å². The van der Waals surface area contributed by atoms with Crippen LogP contribution in [0.15, 0.2) is 23.1 Å². The lowest BCUT2D eigenvalue weighted by atomic mass is 10.1. The minimum absolute atomic E-state index is 0.0550. The van der Waals surface area contributed by atoms with Gasteiger partial charge in [-0.15, -0.1) is 0 Å². The van der Waals surface area contributed by atoms with Gasteiger partial charge in [-0.25, -0.2) is 4.79 Å². The summed E-state index contributed by atoms with van der Waals surface area (Å²) in [6, 6.07) is 3.25. The normalized spacial score (nSPS) is 12.0. The van der Waals surface area contributed by atoms with Crippen LogP contribution in [0.5, 0.6) is 0 Å². The van der Waals surface area contributed by atoms with Crippen molar-refractivity contribution in [2.75, 3.05) is 18.4 Å². The maximum atomic E-state index is 12.4. The molecular weight excluding hydrogens is 294 g/mol. The van der Waals surface area contributed by atoms with Crippen molar-refractivity contribution >= 4 is 11.8 Å². The molecule has 0 aliphatic rings. The summed E-state index contributed by atoms with van der Waals surface area (Å²) in [4.78, 5) is 25.5. The molecule has 0 saturated carbocycles. The van der Waals surface area contributed by atoms with E-state index in [1.54, 1.807) is 24.2 Å². The minimum atomic E-state index is -0.522. The largest absolute Gasteiger partial charge is 0.444 e. The average molecular weight is 323 g/mol. The molecule has 130 valence electrons. The summed E-state index contributed by atoms with van der Waals surface area (Å²) in [6.07, 6.45) is 1.41. The maximum absolute atomic E-state index is 12.4. The zero-order valence-corrected chi connectivity index (χ0v) is 15.3. The lowest BCUT2D eigenvalue weighted by Crippen LogP contribution is -2.49. The van der Waals surface area contributed by atoms with E-state index in [9.17, 15) is 9.59 Å². The number of pyridine rings is 1. The van der Waals surface area contributed by atoms with E-state index in [2.05, 4.69) is 5.32 Å². The van der Waals surface area contributed by atoms with Crippen molar-refractivity contribution < 1.29 is 9.53 Å². The summed E-state index contributed by atoms with van der Waals surface area (Å²) in [7, 11) is 1.70. The molecule has 0 radical (unpaired) electrons. The number of hydrogen-bond donors (Lipinski definition) is 1. The highest BCUT2D eigenvalue weighted by molar-refractivity contribution is 5.69. The van der Waals surface area contributed by atoms with Gasteiger partial charge in [-0.05, 0) is 47.6 Å². The van der Waals surface area contributed by atoms with Gasteiger partial charge in [-0.2, -0.15) is 0 Å². The van der Waals surface area contributed by atoms with Gasteiger partial charge < -0.3 is 19.5 Å². The van der Waals surface area contributed by atoms with Gasteiger partial charge >= 0.3 is 6.09 Å². The van der Waals surface area contributed by atoms with Crippen molar-refractivity contribution in [3.8, 4) is 0 Å². The molecule has 0 aromatic carbocycles. The van der Waals surface area contributed by atoms with Crippen molar-refractivity contribution in [1.82, 2.24) is 9.47 Å². The number of hydrogen-bond acceptors (Lipinski definition) is 4. The Balaban J connectivity index is 2.70. The predicted octanol–water partition coefficient (Wildman–Crippen LogP) is 2.83. The Morgan fingerprint density at radius 2 is 1.83 bits per heavy atom. The summed E-state index contributed by atoms with van der Waals surface area (Å²) in [6.45, 7) is 12.6. The van der Waals surface area contributed by atoms with Crippen LogP contribution in [0.25, 0.3) is 0 Å². The second-order valence-electron chi connectivity index (χ2n) is 7.60. The molecule has 0 atom stereocenters. The zero-order valence-electron chi connectivity index (χ0n) is 15.3. The number of anilines is 1. The molecule has 0 bridgehead atoms. The second kappa shape index (κ2) is 7.06. The summed E-state index contributed by atoms with van der Waals surface area (Å²) in [5, 5.41) is 3.22. The standard InChI is InChI=1S/C17H29N3O3/c1-16(2,3)20(15(22)23-17(4,5)6)11-10-18-13-8-9-14(21)19(7)12-13/h8-9,12,18H,10-11H2,1-7H3. The molecule has 0 saturated heterocycles. The number of carbonyl (C=O) groups is 1. The quantitative estimate of drug-likeness (QED) is 0.925. The van der Waals surface area contributed by atoms with E-state index in [0.717, 1.165) is 5.69 Å². The van der Waals surface area contributed by atoms with E-state index in [0.29, 0.717) is 13.1 Å². The molecule has 0 fully saturated rings. The van der Waals surface area contributed by atoms with Crippen LogP contribution >= 0.6 is 0 Å². The molecule has 1 aromatic heterocycles. The van der Waals surface area contributed by atoms with Gasteiger partial charge in [0.2, 0.25) is 5.56 Å². The van der Waals surface area contributed by atoms with E-state index in [-0.39, 0.29) is 17.2 Å². The van der Waals surface area contributed by atoms with Crippen LogP contribution in [0.3, 0.4) is 0 Å². The third-order valence-corrected chi connectivity index (χ3v) is 3.17. The molecule has 0 spiro atoms. The average Bonchev–Trinajstić information content (AvgIpc) is 2.35. The number of aryl methyl sites for hydroxylation is 1. The number of nitrogens with zero attached hydrogens (tertiary/aromatic N) is 2. The Morgan fingerprint density at radius 1 is 1.22 bits per heavy atom. The van der Waals surface area contributed by atoms with Crippen LogP contribution in [-0.4, -0.2) is 39.8 Å². The molecule has 6 heteroatoms. The molecule has 1 heterocycles. The Kier molecular flexibility index (Phi) is 5.86. The molecule has 1 rings (SSSR count). The number of aromatic nitrogens is 1. The minimum Gasteiger partial charge on any atom is -0.444 e. The van der Waals surface area contributed by atoms with Gasteiger partial charge in [0.25, 0.3) is 0 Å². The first kappa shape index (κ1) is 19.1. The third-order valence-electron chi connectivity index (χ3n) is 3.17. The van der Waals surface area contributed by atoms with E-state index < -0.39 is 5.60 Å². The highest BCUT2D eigenvalue weighted by Gasteiger charge is 2.30. The number of ether oxygens (including phenoxy) is 1. The predicted molar refractivity (Wildman–Crippen MR) is 92.9 cm³/mol. The Bertz CT molecular complexity index is 594. The molecule has 1 aromatic rings. The van der Waals surface area contributed by atoms with Crippen LogP contribution in [0, 0.1) is 0 Å². The van der Waals surface area contributed by atoms with Crippen molar-refractivity contribution in [3.63, 3.8) is 0 Å². The Morgan fingerprint density at radius 3 is 2.30 bits per heavy atom. The molecule has 0 unspecified atom stereocenters. The molecule has 23 heavy (non-hydrogen) atoms. The Labute approximate surface area is 138 Å². The van der Waals surface area contributed by atoms with Crippen LogP contribution in [0.1, 0.15) is 41.5 Å². The van der Waals surface area contributed by atoms with Gasteiger partial charge in [0.05, 0.1) is 5.69 Å².